The molecule has 29 heavy (non-hydrogen) atoms. The van der Waals surface area contributed by atoms with Crippen molar-refractivity contribution in [3.05, 3.63) is 46.5 Å². The number of aromatic nitrogens is 2. The van der Waals surface area contributed by atoms with Gasteiger partial charge in [0.1, 0.15) is 0 Å². The molecular formula is C19H21Cl2N5O3. The molecule has 1 aliphatic rings. The number of aliphatic imine (C=N–C) groups is 1. The quantitative estimate of drug-likeness (QED) is 0.723. The summed E-state index contributed by atoms with van der Waals surface area (Å²) in [4.78, 5) is 34.8. The minimum Gasteiger partial charge on any atom is -0.481 e. The van der Waals surface area contributed by atoms with Gasteiger partial charge in [-0.1, -0.05) is 36.2 Å². The molecule has 154 valence electrons. The van der Waals surface area contributed by atoms with Gasteiger partial charge in [-0.05, 0) is 12.1 Å². The van der Waals surface area contributed by atoms with Crippen LogP contribution in [0.5, 0.6) is 0 Å². The second-order valence-corrected chi connectivity index (χ2v) is 7.66. The lowest BCUT2D eigenvalue weighted by molar-refractivity contribution is -0.148. The van der Waals surface area contributed by atoms with Crippen LogP contribution in [0.3, 0.4) is 0 Å². The number of aryl methyl sites for hydroxylation is 1. The molecule has 2 aromatic rings. The monoisotopic (exact) mass is 437 g/mol. The van der Waals surface area contributed by atoms with E-state index in [0.29, 0.717) is 34.8 Å². The first kappa shape index (κ1) is 21.1. The number of para-hydroxylation sites is 1. The number of carbonyl (C=O) groups excluding carboxylic acids is 1. The topological polar surface area (TPSA) is 99.8 Å². The Morgan fingerprint density at radius 1 is 1.31 bits per heavy atom. The van der Waals surface area contributed by atoms with Crippen LogP contribution in [0.25, 0.3) is 0 Å². The highest BCUT2D eigenvalue weighted by molar-refractivity contribution is 6.39. The summed E-state index contributed by atoms with van der Waals surface area (Å²) >= 11 is 12.4. The van der Waals surface area contributed by atoms with Crippen LogP contribution >= 0.6 is 23.2 Å². The zero-order valence-corrected chi connectivity index (χ0v) is 17.5. The first-order valence-electron chi connectivity index (χ1n) is 9.04. The van der Waals surface area contributed by atoms with Crippen LogP contribution in [0, 0.1) is 11.8 Å². The molecule has 0 bridgehead atoms. The van der Waals surface area contributed by atoms with Crippen molar-refractivity contribution >= 4 is 46.7 Å². The fourth-order valence-corrected chi connectivity index (χ4v) is 3.69. The summed E-state index contributed by atoms with van der Waals surface area (Å²) in [6, 6.07) is 5.07. The lowest BCUT2D eigenvalue weighted by atomic mass is 9.88. The Morgan fingerprint density at radius 3 is 2.59 bits per heavy atom. The maximum absolute atomic E-state index is 13.1. The fraction of sp³-hybridized carbons (Fsp3) is 0.368. The molecule has 3 rings (SSSR count). The van der Waals surface area contributed by atoms with E-state index in [1.807, 2.05) is 0 Å². The lowest BCUT2D eigenvalue weighted by Crippen LogP contribution is -2.44. The smallest absolute Gasteiger partial charge is 0.307 e. The average molecular weight is 438 g/mol. The Morgan fingerprint density at radius 2 is 2.00 bits per heavy atom. The molecule has 2 heterocycles. The predicted molar refractivity (Wildman–Crippen MR) is 111 cm³/mol. The van der Waals surface area contributed by atoms with Gasteiger partial charge >= 0.3 is 5.97 Å². The zero-order valence-electron chi connectivity index (χ0n) is 16.0. The van der Waals surface area contributed by atoms with E-state index < -0.39 is 17.8 Å². The molecule has 2 N–H and O–H groups in total. The zero-order chi connectivity index (χ0) is 21.1. The second kappa shape index (κ2) is 8.84. The summed E-state index contributed by atoms with van der Waals surface area (Å²) in [6.45, 7) is 2.38. The molecule has 0 fully saturated rings. The summed E-state index contributed by atoms with van der Waals surface area (Å²) in [5.41, 5.74) is 1.19. The number of guanidine groups is 1. The minimum absolute atomic E-state index is 0.197. The van der Waals surface area contributed by atoms with Crippen LogP contribution in [-0.4, -0.2) is 50.5 Å². The van der Waals surface area contributed by atoms with E-state index in [1.54, 1.807) is 49.3 Å². The highest BCUT2D eigenvalue weighted by Crippen LogP contribution is 2.31. The number of carbonyl (C=O) groups is 2. The first-order valence-corrected chi connectivity index (χ1v) is 9.80. The van der Waals surface area contributed by atoms with Crippen LogP contribution in [0.15, 0.2) is 35.7 Å². The molecular weight excluding hydrogens is 417 g/mol. The third kappa shape index (κ3) is 4.54. The number of benzene rings is 1. The molecule has 8 nitrogen and oxygen atoms in total. The number of hydrogen-bond donors (Lipinski definition) is 2. The summed E-state index contributed by atoms with van der Waals surface area (Å²) in [5, 5.41) is 13.5. The number of nitrogens with one attached hydrogen (secondary N) is 1. The van der Waals surface area contributed by atoms with Gasteiger partial charge in [-0.3, -0.25) is 19.5 Å². The average Bonchev–Trinajstić information content (AvgIpc) is 3.30. The van der Waals surface area contributed by atoms with Crippen molar-refractivity contribution < 1.29 is 14.7 Å². The van der Waals surface area contributed by atoms with E-state index in [0.717, 1.165) is 5.69 Å². The molecule has 10 heteroatoms. The summed E-state index contributed by atoms with van der Waals surface area (Å²) in [6.07, 6.45) is 3.41. The standard InChI is InChI=1S/C19H21Cl2N5O3/c1-11(13(18(28)29)8-12-9-22-10-25(12)2)17(27)26-7-6-23-19(26)24-16-14(20)4-3-5-15(16)21/h3-5,9-11,13H,6-8H2,1-2H3,(H,23,24)(H,28,29). The van der Waals surface area contributed by atoms with E-state index in [4.69, 9.17) is 23.2 Å². The number of hydrogen-bond acceptors (Lipinski definition) is 5. The van der Waals surface area contributed by atoms with Crippen LogP contribution in [0.1, 0.15) is 12.6 Å². The van der Waals surface area contributed by atoms with Gasteiger partial charge in [-0.15, -0.1) is 0 Å². The normalized spacial score (nSPS) is 15.7. The van der Waals surface area contributed by atoms with Gasteiger partial charge in [0.25, 0.3) is 0 Å². The predicted octanol–water partition coefficient (Wildman–Crippen LogP) is 2.92. The van der Waals surface area contributed by atoms with Crippen molar-refractivity contribution in [2.24, 2.45) is 23.9 Å². The van der Waals surface area contributed by atoms with E-state index in [-0.39, 0.29) is 12.3 Å². The van der Waals surface area contributed by atoms with Gasteiger partial charge in [0.2, 0.25) is 11.9 Å². The second-order valence-electron chi connectivity index (χ2n) is 6.85. The molecule has 2 atom stereocenters. The molecule has 0 saturated carbocycles. The Balaban J connectivity index is 1.77. The molecule has 0 saturated heterocycles. The van der Waals surface area contributed by atoms with Crippen LogP contribution in [-0.2, 0) is 23.1 Å². The van der Waals surface area contributed by atoms with Gasteiger partial charge in [0, 0.05) is 37.8 Å². The number of nitrogens with zero attached hydrogens (tertiary/aromatic N) is 4. The number of halogens is 2. The van der Waals surface area contributed by atoms with Gasteiger partial charge < -0.3 is 15.0 Å². The van der Waals surface area contributed by atoms with Crippen molar-refractivity contribution in [2.75, 3.05) is 18.4 Å². The summed E-state index contributed by atoms with van der Waals surface area (Å²) in [5.74, 6) is -2.72. The largest absolute Gasteiger partial charge is 0.481 e. The summed E-state index contributed by atoms with van der Waals surface area (Å²) < 4.78 is 1.75. The van der Waals surface area contributed by atoms with Gasteiger partial charge in [-0.25, -0.2) is 4.98 Å². The minimum atomic E-state index is -1.04. The van der Waals surface area contributed by atoms with E-state index in [9.17, 15) is 14.7 Å². The SMILES string of the molecule is CC(C(=O)N1CCN=C1Nc1c(Cl)cccc1Cl)C(Cc1cncn1C)C(=O)O. The van der Waals surface area contributed by atoms with Crippen molar-refractivity contribution in [3.63, 3.8) is 0 Å². The molecule has 2 unspecified atom stereocenters. The van der Waals surface area contributed by atoms with Crippen LogP contribution in [0.4, 0.5) is 5.69 Å². The maximum Gasteiger partial charge on any atom is 0.307 e. The third-order valence-electron chi connectivity index (χ3n) is 4.96. The molecule has 1 amide bonds. The van der Waals surface area contributed by atoms with E-state index in [1.165, 1.54) is 4.90 Å². The van der Waals surface area contributed by atoms with E-state index >= 15 is 0 Å². The Labute approximate surface area is 178 Å². The number of imidazole rings is 1. The van der Waals surface area contributed by atoms with E-state index in [2.05, 4.69) is 15.3 Å². The highest BCUT2D eigenvalue weighted by Gasteiger charge is 2.36. The number of carboxylic acid groups (broad SMARTS) is 1. The van der Waals surface area contributed by atoms with Crippen molar-refractivity contribution in [3.8, 4) is 0 Å². The van der Waals surface area contributed by atoms with Crippen molar-refractivity contribution in [2.45, 2.75) is 13.3 Å². The number of anilines is 1. The number of carboxylic acids is 1. The van der Waals surface area contributed by atoms with Gasteiger partial charge in [-0.2, -0.15) is 0 Å². The Hall–Kier alpha value is -2.58. The number of rotatable bonds is 6. The highest BCUT2D eigenvalue weighted by atomic mass is 35.5. The first-order chi connectivity index (χ1) is 13.8. The number of aliphatic carboxylic acids is 1. The molecule has 1 aromatic carbocycles. The summed E-state index contributed by atoms with van der Waals surface area (Å²) in [7, 11) is 1.79. The van der Waals surface area contributed by atoms with Crippen LogP contribution < -0.4 is 5.32 Å². The van der Waals surface area contributed by atoms with Gasteiger partial charge in [0.15, 0.2) is 0 Å². The molecule has 1 aromatic heterocycles. The molecule has 0 spiro atoms. The number of amides is 1. The molecule has 0 aliphatic carbocycles. The maximum atomic E-state index is 13.1. The molecule has 0 radical (unpaired) electrons. The van der Waals surface area contributed by atoms with Crippen molar-refractivity contribution in [1.82, 2.24) is 14.5 Å². The van der Waals surface area contributed by atoms with Crippen LogP contribution in [0.2, 0.25) is 10.0 Å². The third-order valence-corrected chi connectivity index (χ3v) is 5.59. The lowest BCUT2D eigenvalue weighted by Gasteiger charge is -2.26. The van der Waals surface area contributed by atoms with Gasteiger partial charge in [0.05, 0.1) is 34.5 Å². The Bertz CT molecular complexity index is 939. The van der Waals surface area contributed by atoms with Crippen molar-refractivity contribution in [1.29, 1.82) is 0 Å². The molecule has 1 aliphatic heterocycles. The fourth-order valence-electron chi connectivity index (χ4n) is 3.20. The Kier molecular flexibility index (Phi) is 6.44.